The van der Waals surface area contributed by atoms with Gasteiger partial charge in [0.05, 0.1) is 30.6 Å². The first kappa shape index (κ1) is 31.1. The number of nitrogens with one attached hydrogen (secondary N) is 3. The smallest absolute Gasteiger partial charge is 0.406 e. The number of fused-ring (bicyclic) bond motifs is 1. The lowest BCUT2D eigenvalue weighted by Gasteiger charge is -2.36. The second-order valence-electron chi connectivity index (χ2n) is 10.5. The minimum atomic E-state index is -4.40. The summed E-state index contributed by atoms with van der Waals surface area (Å²) in [5.41, 5.74) is 2.70. The summed E-state index contributed by atoms with van der Waals surface area (Å²) in [4.78, 5) is 14.4. The molecule has 7 nitrogen and oxygen atoms in total. The first-order valence-corrected chi connectivity index (χ1v) is 14.5. The van der Waals surface area contributed by atoms with Gasteiger partial charge in [0.2, 0.25) is 0 Å². The second-order valence-corrected chi connectivity index (χ2v) is 10.5. The summed E-state index contributed by atoms with van der Waals surface area (Å²) in [5.74, 6) is 6.13. The van der Waals surface area contributed by atoms with Crippen LogP contribution in [-0.4, -0.2) is 67.4 Å². The molecule has 0 spiro atoms. The highest BCUT2D eigenvalue weighted by Crippen LogP contribution is 2.33. The molecule has 42 heavy (non-hydrogen) atoms. The van der Waals surface area contributed by atoms with E-state index in [-0.39, 0.29) is 18.5 Å². The highest BCUT2D eigenvalue weighted by Gasteiger charge is 2.30. The average molecular weight is 584 g/mol. The number of rotatable bonds is 10. The van der Waals surface area contributed by atoms with E-state index in [2.05, 4.69) is 46.5 Å². The number of aromatic nitrogens is 1. The molecule has 1 amide bonds. The van der Waals surface area contributed by atoms with Crippen LogP contribution in [0.3, 0.4) is 0 Å². The Morgan fingerprint density at radius 1 is 1.07 bits per heavy atom. The van der Waals surface area contributed by atoms with Crippen molar-refractivity contribution < 1.29 is 22.7 Å². The summed E-state index contributed by atoms with van der Waals surface area (Å²) < 4.78 is 47.5. The molecule has 1 saturated carbocycles. The SMILES string of the molecule is CCN(CC)C1CCC(Nc2cccc3c2cc(C#CCNc2ccc(C(=O)NC)cc2OC)n3CC(F)(F)F)CC1. The number of amides is 1. The van der Waals surface area contributed by atoms with Crippen LogP contribution >= 0.6 is 0 Å². The van der Waals surface area contributed by atoms with Gasteiger partial charge in [-0.2, -0.15) is 13.2 Å². The molecule has 10 heteroatoms. The highest BCUT2D eigenvalue weighted by molar-refractivity contribution is 5.95. The molecule has 1 fully saturated rings. The Balaban J connectivity index is 1.54. The van der Waals surface area contributed by atoms with E-state index in [9.17, 15) is 18.0 Å². The van der Waals surface area contributed by atoms with E-state index < -0.39 is 12.7 Å². The zero-order valence-electron chi connectivity index (χ0n) is 24.7. The Morgan fingerprint density at radius 2 is 1.81 bits per heavy atom. The summed E-state index contributed by atoms with van der Waals surface area (Å²) in [7, 11) is 3.05. The van der Waals surface area contributed by atoms with Crippen LogP contribution in [0.2, 0.25) is 0 Å². The molecule has 0 saturated heterocycles. The van der Waals surface area contributed by atoms with Crippen LogP contribution in [0.4, 0.5) is 24.5 Å². The minimum absolute atomic E-state index is 0.171. The van der Waals surface area contributed by atoms with Gasteiger partial charge in [0.15, 0.2) is 0 Å². The van der Waals surface area contributed by atoms with E-state index in [4.69, 9.17) is 4.74 Å². The summed E-state index contributed by atoms with van der Waals surface area (Å²) in [6.07, 6.45) is -0.146. The summed E-state index contributed by atoms with van der Waals surface area (Å²) in [6, 6.07) is 13.0. The van der Waals surface area contributed by atoms with Gasteiger partial charge in [0.25, 0.3) is 5.91 Å². The van der Waals surface area contributed by atoms with Crippen LogP contribution in [0.1, 0.15) is 55.6 Å². The van der Waals surface area contributed by atoms with Crippen LogP contribution in [-0.2, 0) is 6.54 Å². The van der Waals surface area contributed by atoms with Crippen molar-refractivity contribution in [2.24, 2.45) is 0 Å². The number of benzene rings is 2. The third kappa shape index (κ3) is 7.51. The monoisotopic (exact) mass is 583 g/mol. The number of methoxy groups -OCH3 is 1. The van der Waals surface area contributed by atoms with Gasteiger partial charge in [0.1, 0.15) is 12.3 Å². The fourth-order valence-corrected chi connectivity index (χ4v) is 5.81. The van der Waals surface area contributed by atoms with Gasteiger partial charge in [-0.15, -0.1) is 0 Å². The largest absolute Gasteiger partial charge is 0.495 e. The summed E-state index contributed by atoms with van der Waals surface area (Å²) >= 11 is 0. The van der Waals surface area contributed by atoms with Crippen molar-refractivity contribution in [3.63, 3.8) is 0 Å². The molecule has 0 bridgehead atoms. The second kappa shape index (κ2) is 13.9. The lowest BCUT2D eigenvalue weighted by molar-refractivity contribution is -0.140. The summed E-state index contributed by atoms with van der Waals surface area (Å²) in [5, 5.41) is 10.1. The third-order valence-corrected chi connectivity index (χ3v) is 7.94. The molecule has 0 unspecified atom stereocenters. The lowest BCUT2D eigenvalue weighted by Crippen LogP contribution is -2.40. The molecule has 1 heterocycles. The molecule has 1 aromatic heterocycles. The number of halogens is 3. The first-order valence-electron chi connectivity index (χ1n) is 14.5. The van der Waals surface area contributed by atoms with Gasteiger partial charge in [0, 0.05) is 35.8 Å². The fraction of sp³-hybridized carbons (Fsp3) is 0.469. The van der Waals surface area contributed by atoms with Crippen molar-refractivity contribution in [3.05, 3.63) is 53.7 Å². The topological polar surface area (TPSA) is 70.6 Å². The maximum atomic E-state index is 13.6. The molecule has 2 aromatic carbocycles. The number of carbonyl (C=O) groups is 1. The van der Waals surface area contributed by atoms with E-state index in [1.165, 1.54) is 11.7 Å². The quantitative estimate of drug-likeness (QED) is 0.252. The Labute approximate surface area is 245 Å². The van der Waals surface area contributed by atoms with Crippen molar-refractivity contribution >= 4 is 28.2 Å². The first-order chi connectivity index (χ1) is 20.2. The van der Waals surface area contributed by atoms with Crippen LogP contribution in [0.15, 0.2) is 42.5 Å². The zero-order valence-corrected chi connectivity index (χ0v) is 24.7. The molecule has 1 aliphatic rings. The number of carbonyl (C=O) groups excluding carboxylic acids is 1. The highest BCUT2D eigenvalue weighted by atomic mass is 19.4. The molecule has 226 valence electrons. The Morgan fingerprint density at radius 3 is 2.45 bits per heavy atom. The van der Waals surface area contributed by atoms with Gasteiger partial charge < -0.3 is 30.2 Å². The van der Waals surface area contributed by atoms with Gasteiger partial charge in [-0.3, -0.25) is 4.79 Å². The number of alkyl halides is 3. The Hall–Kier alpha value is -3.84. The predicted octanol–water partition coefficient (Wildman–Crippen LogP) is 6.10. The molecule has 0 radical (unpaired) electrons. The van der Waals surface area contributed by atoms with Crippen LogP contribution < -0.4 is 20.7 Å². The standard InChI is InChI=1S/C32H40F3N5O2/c1-5-39(6-2)24-15-13-23(14-16-24)38-27-10-7-11-29-26(27)20-25(40(29)21-32(33,34)35)9-8-18-37-28-17-12-22(31(41)36-3)19-30(28)42-4/h7,10-12,17,19-20,23-24,37-38H,5-6,13-16,18,21H2,1-4H3,(H,36,41). The number of hydrogen-bond acceptors (Lipinski definition) is 5. The van der Waals surface area contributed by atoms with Crippen molar-refractivity contribution in [3.8, 4) is 17.6 Å². The molecule has 1 aliphatic carbocycles. The molecular formula is C32H40F3N5O2. The van der Waals surface area contributed by atoms with Gasteiger partial charge in [-0.25, -0.2) is 0 Å². The van der Waals surface area contributed by atoms with Gasteiger partial charge in [-0.1, -0.05) is 25.8 Å². The summed E-state index contributed by atoms with van der Waals surface area (Å²) in [6.45, 7) is 5.52. The lowest BCUT2D eigenvalue weighted by atomic mass is 9.90. The van der Waals surface area contributed by atoms with Crippen molar-refractivity contribution in [2.45, 2.75) is 64.3 Å². The van der Waals surface area contributed by atoms with E-state index in [1.807, 2.05) is 6.07 Å². The fourth-order valence-electron chi connectivity index (χ4n) is 5.81. The molecule has 0 aliphatic heterocycles. The maximum absolute atomic E-state index is 13.6. The number of hydrogen-bond donors (Lipinski definition) is 3. The maximum Gasteiger partial charge on any atom is 0.406 e. The number of nitrogens with zero attached hydrogens (tertiary/aromatic N) is 2. The van der Waals surface area contributed by atoms with Crippen molar-refractivity contribution in [2.75, 3.05) is 44.4 Å². The minimum Gasteiger partial charge on any atom is -0.495 e. The normalized spacial score (nSPS) is 17.0. The van der Waals surface area contributed by atoms with Crippen molar-refractivity contribution in [1.29, 1.82) is 0 Å². The molecule has 0 atom stereocenters. The molecule has 3 aromatic rings. The molecule has 4 rings (SSSR count). The van der Waals surface area contributed by atoms with Crippen LogP contribution in [0.25, 0.3) is 10.9 Å². The molecular weight excluding hydrogens is 543 g/mol. The van der Waals surface area contributed by atoms with Gasteiger partial charge >= 0.3 is 6.18 Å². The third-order valence-electron chi connectivity index (χ3n) is 7.94. The Bertz CT molecular complexity index is 1430. The van der Waals surface area contributed by atoms with E-state index in [0.717, 1.165) is 49.8 Å². The van der Waals surface area contributed by atoms with E-state index >= 15 is 0 Å². The van der Waals surface area contributed by atoms with E-state index in [1.54, 1.807) is 43.4 Å². The van der Waals surface area contributed by atoms with Crippen molar-refractivity contribution in [1.82, 2.24) is 14.8 Å². The predicted molar refractivity (Wildman–Crippen MR) is 162 cm³/mol. The van der Waals surface area contributed by atoms with E-state index in [0.29, 0.717) is 34.3 Å². The Kier molecular flexibility index (Phi) is 10.3. The number of ether oxygens (including phenoxy) is 1. The average Bonchev–Trinajstić information content (AvgIpc) is 3.32. The zero-order chi connectivity index (χ0) is 30.3. The molecule has 3 N–H and O–H groups in total. The van der Waals surface area contributed by atoms with Crippen LogP contribution in [0.5, 0.6) is 5.75 Å². The van der Waals surface area contributed by atoms with Gasteiger partial charge in [-0.05, 0) is 81.1 Å². The number of anilines is 2. The van der Waals surface area contributed by atoms with Crippen LogP contribution in [0, 0.1) is 11.8 Å².